The van der Waals surface area contributed by atoms with Crippen molar-refractivity contribution in [3.63, 3.8) is 0 Å². The van der Waals surface area contributed by atoms with Crippen molar-refractivity contribution in [3.05, 3.63) is 16.6 Å². The molecule has 0 aromatic carbocycles. The minimum atomic E-state index is -0.566. The summed E-state index contributed by atoms with van der Waals surface area (Å²) >= 11 is 1.26. The average molecular weight is 240 g/mol. The lowest BCUT2D eigenvalue weighted by atomic mass is 10.1. The molecule has 1 aliphatic rings. The molecule has 1 aromatic rings. The smallest absolute Gasteiger partial charge is 0.266 e. The number of carbonyl (C=O) groups is 2. The molecule has 86 valence electrons. The first kappa shape index (κ1) is 11.0. The monoisotopic (exact) mass is 240 g/mol. The second-order valence-corrected chi connectivity index (χ2v) is 4.37. The van der Waals surface area contributed by atoms with Crippen LogP contribution in [0, 0.1) is 0 Å². The molecule has 0 radical (unpaired) electrons. The van der Waals surface area contributed by atoms with Crippen LogP contribution in [-0.4, -0.2) is 47.4 Å². The highest BCUT2D eigenvalue weighted by Gasteiger charge is 2.31. The Kier molecular flexibility index (Phi) is 3.16. The minimum Gasteiger partial charge on any atom is -0.368 e. The molecule has 1 atom stereocenters. The van der Waals surface area contributed by atoms with E-state index in [9.17, 15) is 9.59 Å². The third-order valence-electron chi connectivity index (χ3n) is 2.48. The molecule has 16 heavy (non-hydrogen) atoms. The predicted octanol–water partition coefficient (Wildman–Crippen LogP) is -0.958. The fourth-order valence-corrected chi connectivity index (χ4v) is 2.24. The number of nitrogens with two attached hydrogens (primary N) is 1. The number of hydrogen-bond acceptors (Lipinski definition) is 5. The Morgan fingerprint density at radius 1 is 1.62 bits per heavy atom. The van der Waals surface area contributed by atoms with Crippen molar-refractivity contribution in [2.24, 2.45) is 5.73 Å². The van der Waals surface area contributed by atoms with Gasteiger partial charge in [-0.05, 0) is 0 Å². The Balaban J connectivity index is 2.17. The normalized spacial score (nSPS) is 20.8. The van der Waals surface area contributed by atoms with Crippen LogP contribution >= 0.6 is 11.3 Å². The molecule has 0 aliphatic carbocycles. The van der Waals surface area contributed by atoms with Gasteiger partial charge in [0.2, 0.25) is 5.91 Å². The fourth-order valence-electron chi connectivity index (χ4n) is 1.66. The molecule has 1 fully saturated rings. The zero-order chi connectivity index (χ0) is 11.5. The molecule has 7 heteroatoms. The molecule has 2 heterocycles. The summed E-state index contributed by atoms with van der Waals surface area (Å²) in [7, 11) is 0. The van der Waals surface area contributed by atoms with E-state index in [1.807, 2.05) is 0 Å². The zero-order valence-electron chi connectivity index (χ0n) is 8.55. The first-order valence-electron chi connectivity index (χ1n) is 4.89. The molecule has 1 saturated heterocycles. The quantitative estimate of drug-likeness (QED) is 0.697. The lowest BCUT2D eigenvalue weighted by Gasteiger charge is -2.33. The number of carbonyl (C=O) groups excluding carboxylic acids is 2. The molecule has 2 rings (SSSR count). The van der Waals surface area contributed by atoms with E-state index in [2.05, 4.69) is 10.3 Å². The Bertz CT molecular complexity index is 392. The van der Waals surface area contributed by atoms with Crippen molar-refractivity contribution in [1.29, 1.82) is 0 Å². The maximum absolute atomic E-state index is 12.0. The lowest BCUT2D eigenvalue weighted by molar-refractivity contribution is -0.122. The van der Waals surface area contributed by atoms with Crippen molar-refractivity contribution in [2.45, 2.75) is 6.04 Å². The first-order chi connectivity index (χ1) is 7.70. The van der Waals surface area contributed by atoms with E-state index in [1.54, 1.807) is 5.51 Å². The number of aromatic nitrogens is 1. The van der Waals surface area contributed by atoms with Gasteiger partial charge in [0, 0.05) is 19.6 Å². The molecule has 0 bridgehead atoms. The summed E-state index contributed by atoms with van der Waals surface area (Å²) in [5.41, 5.74) is 6.86. The van der Waals surface area contributed by atoms with Gasteiger partial charge in [-0.15, -0.1) is 11.3 Å². The second kappa shape index (κ2) is 4.58. The number of rotatable bonds is 2. The molecule has 0 spiro atoms. The SMILES string of the molecule is NC(=O)C1CNCCN1C(=O)c1cncs1. The molecular weight excluding hydrogens is 228 g/mol. The summed E-state index contributed by atoms with van der Waals surface area (Å²) in [5.74, 6) is -0.655. The van der Waals surface area contributed by atoms with Crippen molar-refractivity contribution in [1.82, 2.24) is 15.2 Å². The van der Waals surface area contributed by atoms with Gasteiger partial charge in [0.25, 0.3) is 5.91 Å². The average Bonchev–Trinajstić information content (AvgIpc) is 2.81. The predicted molar refractivity (Wildman–Crippen MR) is 59.0 cm³/mol. The van der Waals surface area contributed by atoms with E-state index in [1.165, 1.54) is 22.4 Å². The molecular formula is C9H12N4O2S. The maximum Gasteiger partial charge on any atom is 0.266 e. The number of thiazole rings is 1. The third-order valence-corrected chi connectivity index (χ3v) is 3.24. The number of hydrogen-bond donors (Lipinski definition) is 2. The highest BCUT2D eigenvalue weighted by atomic mass is 32.1. The molecule has 6 nitrogen and oxygen atoms in total. The van der Waals surface area contributed by atoms with Gasteiger partial charge in [-0.1, -0.05) is 0 Å². The number of amides is 2. The summed E-state index contributed by atoms with van der Waals surface area (Å²) in [5, 5.41) is 3.04. The van der Waals surface area contributed by atoms with Crippen molar-refractivity contribution < 1.29 is 9.59 Å². The summed E-state index contributed by atoms with van der Waals surface area (Å²) in [6.07, 6.45) is 1.51. The first-order valence-corrected chi connectivity index (χ1v) is 5.77. The van der Waals surface area contributed by atoms with Crippen LogP contribution in [0.5, 0.6) is 0 Å². The zero-order valence-corrected chi connectivity index (χ0v) is 9.37. The van der Waals surface area contributed by atoms with Gasteiger partial charge in [0.15, 0.2) is 0 Å². The van der Waals surface area contributed by atoms with Crippen LogP contribution in [0.25, 0.3) is 0 Å². The van der Waals surface area contributed by atoms with Gasteiger partial charge in [0.1, 0.15) is 10.9 Å². The molecule has 0 saturated carbocycles. The van der Waals surface area contributed by atoms with E-state index < -0.39 is 11.9 Å². The Morgan fingerprint density at radius 3 is 3.06 bits per heavy atom. The summed E-state index contributed by atoms with van der Waals surface area (Å²) in [6.45, 7) is 1.58. The van der Waals surface area contributed by atoms with Gasteiger partial charge in [-0.3, -0.25) is 14.6 Å². The summed E-state index contributed by atoms with van der Waals surface area (Å²) < 4.78 is 0. The fraction of sp³-hybridized carbons (Fsp3) is 0.444. The van der Waals surface area contributed by atoms with Gasteiger partial charge >= 0.3 is 0 Å². The van der Waals surface area contributed by atoms with Crippen LogP contribution in [0.3, 0.4) is 0 Å². The van der Waals surface area contributed by atoms with Gasteiger partial charge in [-0.25, -0.2) is 0 Å². The largest absolute Gasteiger partial charge is 0.368 e. The van der Waals surface area contributed by atoms with Crippen LogP contribution in [0.4, 0.5) is 0 Å². The topological polar surface area (TPSA) is 88.3 Å². The Labute approximate surface area is 96.4 Å². The van der Waals surface area contributed by atoms with E-state index in [-0.39, 0.29) is 5.91 Å². The van der Waals surface area contributed by atoms with Crippen LogP contribution in [-0.2, 0) is 4.79 Å². The standard InChI is InChI=1S/C9H12N4O2S/c10-8(14)6-3-11-1-2-13(6)9(15)7-4-12-5-16-7/h4-6,11H,1-3H2,(H2,10,14). The van der Waals surface area contributed by atoms with Crippen molar-refractivity contribution in [3.8, 4) is 0 Å². The van der Waals surface area contributed by atoms with Crippen LogP contribution in [0.1, 0.15) is 9.67 Å². The van der Waals surface area contributed by atoms with Crippen LogP contribution in [0.15, 0.2) is 11.7 Å². The van der Waals surface area contributed by atoms with Crippen molar-refractivity contribution in [2.75, 3.05) is 19.6 Å². The highest BCUT2D eigenvalue weighted by Crippen LogP contribution is 2.13. The summed E-state index contributed by atoms with van der Waals surface area (Å²) in [6, 6.07) is -0.566. The third kappa shape index (κ3) is 2.05. The Hall–Kier alpha value is -1.47. The lowest BCUT2D eigenvalue weighted by Crippen LogP contribution is -2.58. The number of piperazine rings is 1. The van der Waals surface area contributed by atoms with E-state index >= 15 is 0 Å². The molecule has 1 aliphatic heterocycles. The van der Waals surface area contributed by atoms with Gasteiger partial charge in [-0.2, -0.15) is 0 Å². The van der Waals surface area contributed by atoms with E-state index in [4.69, 9.17) is 5.73 Å². The Morgan fingerprint density at radius 2 is 2.44 bits per heavy atom. The molecule has 2 amide bonds. The van der Waals surface area contributed by atoms with Crippen LogP contribution in [0.2, 0.25) is 0 Å². The minimum absolute atomic E-state index is 0.173. The van der Waals surface area contributed by atoms with E-state index in [0.29, 0.717) is 24.5 Å². The number of primary amides is 1. The van der Waals surface area contributed by atoms with Crippen LogP contribution < -0.4 is 11.1 Å². The molecule has 1 unspecified atom stereocenters. The summed E-state index contributed by atoms with van der Waals surface area (Å²) in [4.78, 5) is 29.1. The molecule has 3 N–H and O–H groups in total. The van der Waals surface area contributed by atoms with Crippen molar-refractivity contribution >= 4 is 23.2 Å². The highest BCUT2D eigenvalue weighted by molar-refractivity contribution is 7.11. The van der Waals surface area contributed by atoms with Gasteiger partial charge in [0.05, 0.1) is 11.7 Å². The van der Waals surface area contributed by atoms with E-state index in [0.717, 1.165) is 0 Å². The number of nitrogens with one attached hydrogen (secondary N) is 1. The van der Waals surface area contributed by atoms with Gasteiger partial charge < -0.3 is 16.0 Å². The maximum atomic E-state index is 12.0. The number of nitrogens with zero attached hydrogens (tertiary/aromatic N) is 2. The molecule has 1 aromatic heterocycles. The second-order valence-electron chi connectivity index (χ2n) is 3.49.